The van der Waals surface area contributed by atoms with E-state index in [-0.39, 0.29) is 2.85 Å². The fraction of sp³-hybridized carbons (Fsp3) is 0.600. The average molecular weight is 447 g/mol. The summed E-state index contributed by atoms with van der Waals surface area (Å²) in [6.45, 7) is 0. The molecule has 4 aliphatic carbocycles. The van der Waals surface area contributed by atoms with E-state index < -0.39 is 20.0 Å². The molecule has 0 N–H and O–H groups in total. The van der Waals surface area contributed by atoms with Crippen molar-refractivity contribution < 1.29 is 22.8 Å². The molecule has 5 aliphatic rings. The summed E-state index contributed by atoms with van der Waals surface area (Å²) < 4.78 is 5.88. The third kappa shape index (κ3) is 1.95. The average Bonchev–Trinajstić information content (AvgIpc) is 3.03. The van der Waals surface area contributed by atoms with E-state index in [1.54, 1.807) is 21.2 Å². The van der Waals surface area contributed by atoms with Crippen molar-refractivity contribution in [2.45, 2.75) is 41.4 Å². The number of hydrogen-bond acceptors (Lipinski definition) is 0. The van der Waals surface area contributed by atoms with Crippen molar-refractivity contribution in [2.75, 3.05) is 0 Å². The maximum absolute atomic E-state index is 2.60. The van der Waals surface area contributed by atoms with Gasteiger partial charge in [-0.25, -0.2) is 0 Å². The molecule has 0 radical (unpaired) electrons. The topological polar surface area (TPSA) is 0 Å². The summed E-state index contributed by atoms with van der Waals surface area (Å²) in [5.74, 6) is 3.75. The molecule has 6 atom stereocenters. The molecule has 5 rings (SSSR count). The van der Waals surface area contributed by atoms with Crippen molar-refractivity contribution in [2.24, 2.45) is 23.7 Å². The van der Waals surface area contributed by atoms with Crippen LogP contribution in [-0.2, 0) is 20.0 Å². The van der Waals surface area contributed by atoms with Crippen LogP contribution < -0.4 is 0 Å². The molecule has 0 aromatic carbocycles. The summed E-state index contributed by atoms with van der Waals surface area (Å²) in [5.41, 5.74) is 0. The molecule has 112 valence electrons. The fourth-order valence-corrected chi connectivity index (χ4v) is 36.7. The van der Waals surface area contributed by atoms with E-state index in [4.69, 9.17) is 0 Å². The van der Waals surface area contributed by atoms with Crippen molar-refractivity contribution in [3.05, 3.63) is 48.6 Å². The van der Waals surface area contributed by atoms with Crippen LogP contribution in [0.15, 0.2) is 48.6 Å². The molecule has 1 saturated heterocycles. The first-order chi connectivity index (χ1) is 10.4. The minimum atomic E-state index is -1.99. The zero-order valence-corrected chi connectivity index (χ0v) is 16.4. The van der Waals surface area contributed by atoms with Crippen LogP contribution in [0.5, 0.6) is 0 Å². The summed E-state index contributed by atoms with van der Waals surface area (Å²) in [6.07, 6.45) is 25.7. The van der Waals surface area contributed by atoms with Crippen molar-refractivity contribution >= 4 is 0 Å². The van der Waals surface area contributed by atoms with Gasteiger partial charge in [0.05, 0.1) is 0 Å². The molecule has 0 spiro atoms. The number of rotatable bonds is 2. The standard InChI is InChI=1S/2C9H11.C2H4.Hf.2H/c2*1-2-5-9-7-3-6-8(9)4-1;1-2;;;/h2*1-2,4-6,8-9H,3,7H2;1-2H2;;;/q;;;+2;2*-1. The monoisotopic (exact) mass is 448 g/mol. The zero-order valence-electron chi connectivity index (χ0n) is 14.8. The summed E-state index contributed by atoms with van der Waals surface area (Å²) in [7, 11) is 0. The molecule has 0 bridgehead atoms. The SMILES string of the molecule is C1=CC2CC[CH]([Hf+2]3([CH]4CCC5C=CC=CC54)[CH2][CH2]3)C2C=C1.[H-].[H-]. The second kappa shape index (κ2) is 4.91. The molecule has 0 nitrogen and oxygen atoms in total. The molecule has 0 aromatic rings. The van der Waals surface area contributed by atoms with Crippen molar-refractivity contribution in [3.63, 3.8) is 0 Å². The molecule has 21 heavy (non-hydrogen) atoms. The van der Waals surface area contributed by atoms with Gasteiger partial charge in [0, 0.05) is 0 Å². The van der Waals surface area contributed by atoms with Crippen LogP contribution >= 0.6 is 0 Å². The molecule has 6 unspecified atom stereocenters. The van der Waals surface area contributed by atoms with Gasteiger partial charge >= 0.3 is 134 Å². The Hall–Kier alpha value is -0.170. The Morgan fingerprint density at radius 1 is 0.619 bits per heavy atom. The van der Waals surface area contributed by atoms with Gasteiger partial charge in [-0.2, -0.15) is 0 Å². The molecule has 1 heteroatoms. The van der Waals surface area contributed by atoms with Gasteiger partial charge in [-0.1, -0.05) is 0 Å². The van der Waals surface area contributed by atoms with Gasteiger partial charge < -0.3 is 2.85 Å². The van der Waals surface area contributed by atoms with E-state index in [0.29, 0.717) is 0 Å². The van der Waals surface area contributed by atoms with Gasteiger partial charge in [0.15, 0.2) is 0 Å². The van der Waals surface area contributed by atoms with E-state index in [1.165, 1.54) is 20.2 Å². The summed E-state index contributed by atoms with van der Waals surface area (Å²) >= 11 is -1.99. The van der Waals surface area contributed by atoms with E-state index in [0.717, 1.165) is 23.7 Å². The quantitative estimate of drug-likeness (QED) is 0.450. The van der Waals surface area contributed by atoms with Gasteiger partial charge in [-0.05, 0) is 0 Å². The van der Waals surface area contributed by atoms with Gasteiger partial charge in [0.25, 0.3) is 0 Å². The Morgan fingerprint density at radius 3 is 1.57 bits per heavy atom. The normalized spacial score (nSPS) is 46.9. The predicted octanol–water partition coefficient (Wildman–Crippen LogP) is 6.10. The fourth-order valence-electron chi connectivity index (χ4n) is 6.41. The second-order valence-electron chi connectivity index (χ2n) is 8.12. The molecular weight excluding hydrogens is 419 g/mol. The van der Waals surface area contributed by atoms with Crippen molar-refractivity contribution in [3.8, 4) is 0 Å². The van der Waals surface area contributed by atoms with Gasteiger partial charge in [0.2, 0.25) is 0 Å². The van der Waals surface area contributed by atoms with Crippen LogP contribution in [0, 0.1) is 23.7 Å². The Kier molecular flexibility index (Phi) is 3.11. The van der Waals surface area contributed by atoms with Crippen molar-refractivity contribution in [1.82, 2.24) is 0 Å². The first-order valence-electron chi connectivity index (χ1n) is 9.08. The third-order valence-electron chi connectivity index (χ3n) is 7.45. The van der Waals surface area contributed by atoms with E-state index in [9.17, 15) is 0 Å². The number of hydrogen-bond donors (Lipinski definition) is 0. The van der Waals surface area contributed by atoms with Gasteiger partial charge in [-0.15, -0.1) is 0 Å². The predicted molar refractivity (Wildman–Crippen MR) is 88.3 cm³/mol. The van der Waals surface area contributed by atoms with Crippen LogP contribution in [0.4, 0.5) is 0 Å². The van der Waals surface area contributed by atoms with Crippen molar-refractivity contribution in [1.29, 1.82) is 0 Å². The van der Waals surface area contributed by atoms with E-state index in [2.05, 4.69) is 48.6 Å². The van der Waals surface area contributed by atoms with E-state index in [1.807, 2.05) is 0 Å². The number of allylic oxidation sites excluding steroid dienone is 8. The molecule has 1 heterocycles. The zero-order chi connectivity index (χ0) is 13.9. The van der Waals surface area contributed by atoms with Crippen LogP contribution in [-0.4, -0.2) is 0 Å². The Morgan fingerprint density at radius 2 is 1.10 bits per heavy atom. The maximum atomic E-state index is 2.60. The van der Waals surface area contributed by atoms with Crippen LogP contribution in [0.25, 0.3) is 0 Å². The van der Waals surface area contributed by atoms with Crippen LogP contribution in [0.2, 0.25) is 15.7 Å². The molecule has 2 saturated carbocycles. The maximum Gasteiger partial charge on any atom is -1.00 e. The van der Waals surface area contributed by atoms with Crippen LogP contribution in [0.3, 0.4) is 0 Å². The Bertz CT molecular complexity index is 512. The molecule has 1 aliphatic heterocycles. The van der Waals surface area contributed by atoms with Crippen LogP contribution in [0.1, 0.15) is 28.5 Å². The first-order valence-corrected chi connectivity index (χ1v) is 18.3. The van der Waals surface area contributed by atoms with Gasteiger partial charge in [-0.3, -0.25) is 0 Å². The molecule has 0 aromatic heterocycles. The van der Waals surface area contributed by atoms with E-state index >= 15 is 0 Å². The second-order valence-corrected chi connectivity index (χ2v) is 25.9. The molecular formula is C20H28Hf. The minimum Gasteiger partial charge on any atom is -1.00 e. The number of fused-ring (bicyclic) bond motifs is 2. The smallest absolute Gasteiger partial charge is 1.00 e. The Balaban J connectivity index is 0.000000781. The Labute approximate surface area is 136 Å². The molecule has 3 fully saturated rings. The third-order valence-corrected chi connectivity index (χ3v) is 28.8. The summed E-state index contributed by atoms with van der Waals surface area (Å²) in [6, 6.07) is 0. The van der Waals surface area contributed by atoms with Gasteiger partial charge in [0.1, 0.15) is 0 Å². The molecule has 0 amide bonds. The largest absolute Gasteiger partial charge is 1.00 e. The summed E-state index contributed by atoms with van der Waals surface area (Å²) in [4.78, 5) is 0. The minimum absolute atomic E-state index is 0. The summed E-state index contributed by atoms with van der Waals surface area (Å²) in [5, 5.41) is 0. The first kappa shape index (κ1) is 13.3.